The fourth-order valence-electron chi connectivity index (χ4n) is 1.61. The molecular formula is C14H21N3. The first kappa shape index (κ1) is 13.4. The molecule has 0 heterocycles. The van der Waals surface area contributed by atoms with Crippen LogP contribution in [0.15, 0.2) is 24.3 Å². The summed E-state index contributed by atoms with van der Waals surface area (Å²) in [7, 11) is 0. The Morgan fingerprint density at radius 2 is 1.82 bits per heavy atom. The molecule has 0 saturated carbocycles. The number of nitrogens with one attached hydrogen (secondary N) is 2. The number of rotatable bonds is 8. The molecule has 0 amide bonds. The Morgan fingerprint density at radius 1 is 1.12 bits per heavy atom. The molecule has 0 aliphatic heterocycles. The predicted octanol–water partition coefficient (Wildman–Crippen LogP) is 3.61. The average Bonchev–Trinajstić information content (AvgIpc) is 2.36. The lowest BCUT2D eigenvalue weighted by Gasteiger charge is -2.09. The van der Waals surface area contributed by atoms with Crippen molar-refractivity contribution >= 4 is 11.4 Å². The van der Waals surface area contributed by atoms with E-state index in [1.165, 1.54) is 19.3 Å². The van der Waals surface area contributed by atoms with Crippen LogP contribution >= 0.6 is 0 Å². The van der Waals surface area contributed by atoms with E-state index in [1.807, 2.05) is 12.1 Å². The first-order valence-corrected chi connectivity index (χ1v) is 6.31. The molecule has 1 aromatic rings. The van der Waals surface area contributed by atoms with Crippen molar-refractivity contribution in [1.82, 2.24) is 0 Å². The second-order valence-electron chi connectivity index (χ2n) is 4.05. The number of anilines is 2. The highest BCUT2D eigenvalue weighted by molar-refractivity contribution is 5.56. The molecule has 2 N–H and O–H groups in total. The highest BCUT2D eigenvalue weighted by atomic mass is 14.9. The van der Waals surface area contributed by atoms with Gasteiger partial charge in [-0.05, 0) is 24.6 Å². The van der Waals surface area contributed by atoms with Crippen molar-refractivity contribution in [3.05, 3.63) is 24.3 Å². The third kappa shape index (κ3) is 5.82. The number of nitriles is 1. The number of nitrogens with zero attached hydrogens (tertiary/aromatic N) is 1. The van der Waals surface area contributed by atoms with Crippen molar-refractivity contribution in [2.75, 3.05) is 23.7 Å². The van der Waals surface area contributed by atoms with E-state index < -0.39 is 0 Å². The van der Waals surface area contributed by atoms with Gasteiger partial charge in [0, 0.05) is 24.5 Å². The third-order valence-corrected chi connectivity index (χ3v) is 2.54. The Kier molecular flexibility index (Phi) is 6.66. The van der Waals surface area contributed by atoms with E-state index in [-0.39, 0.29) is 0 Å². The second-order valence-corrected chi connectivity index (χ2v) is 4.05. The van der Waals surface area contributed by atoms with Gasteiger partial charge in [0.25, 0.3) is 0 Å². The van der Waals surface area contributed by atoms with Gasteiger partial charge in [-0.1, -0.05) is 25.8 Å². The van der Waals surface area contributed by atoms with Crippen LogP contribution in [0.25, 0.3) is 0 Å². The average molecular weight is 231 g/mol. The fraction of sp³-hybridized carbons (Fsp3) is 0.500. The van der Waals surface area contributed by atoms with Crippen molar-refractivity contribution in [1.29, 1.82) is 5.26 Å². The minimum Gasteiger partial charge on any atom is -0.385 e. The molecule has 0 saturated heterocycles. The smallest absolute Gasteiger partial charge is 0.0640 e. The van der Waals surface area contributed by atoms with Crippen LogP contribution < -0.4 is 10.6 Å². The zero-order valence-corrected chi connectivity index (χ0v) is 10.5. The number of hydrogen-bond donors (Lipinski definition) is 2. The van der Waals surface area contributed by atoms with E-state index in [4.69, 9.17) is 5.26 Å². The lowest BCUT2D eigenvalue weighted by atomic mass is 10.2. The van der Waals surface area contributed by atoms with Crippen molar-refractivity contribution in [3.63, 3.8) is 0 Å². The molecule has 0 aromatic heterocycles. The first-order chi connectivity index (χ1) is 8.36. The fourth-order valence-corrected chi connectivity index (χ4v) is 1.61. The van der Waals surface area contributed by atoms with Gasteiger partial charge in [-0.2, -0.15) is 5.26 Å². The van der Waals surface area contributed by atoms with E-state index in [2.05, 4.69) is 35.8 Å². The third-order valence-electron chi connectivity index (χ3n) is 2.54. The maximum Gasteiger partial charge on any atom is 0.0640 e. The molecule has 0 atom stereocenters. The summed E-state index contributed by atoms with van der Waals surface area (Å²) < 4.78 is 0. The minimum atomic E-state index is 0.536. The quantitative estimate of drug-likeness (QED) is 0.672. The summed E-state index contributed by atoms with van der Waals surface area (Å²) in [6, 6.07) is 10.3. The topological polar surface area (TPSA) is 47.8 Å². The molecule has 0 bridgehead atoms. The summed E-state index contributed by atoms with van der Waals surface area (Å²) in [5.41, 5.74) is 2.21. The van der Waals surface area contributed by atoms with Gasteiger partial charge in [0.15, 0.2) is 0 Å². The van der Waals surface area contributed by atoms with Gasteiger partial charge < -0.3 is 10.6 Å². The predicted molar refractivity (Wildman–Crippen MR) is 73.2 cm³/mol. The summed E-state index contributed by atoms with van der Waals surface area (Å²) in [5, 5.41) is 15.1. The molecule has 3 heteroatoms. The van der Waals surface area contributed by atoms with Crippen LogP contribution in [0.1, 0.15) is 32.6 Å². The summed E-state index contributed by atoms with van der Waals surface area (Å²) in [6.45, 7) is 3.94. The van der Waals surface area contributed by atoms with Gasteiger partial charge in [0.05, 0.1) is 12.5 Å². The summed E-state index contributed by atoms with van der Waals surface area (Å²) in [6.07, 6.45) is 4.27. The van der Waals surface area contributed by atoms with Gasteiger partial charge in [0.1, 0.15) is 0 Å². The molecule has 0 unspecified atom stereocenters. The molecule has 17 heavy (non-hydrogen) atoms. The highest BCUT2D eigenvalue weighted by Gasteiger charge is 1.95. The van der Waals surface area contributed by atoms with Gasteiger partial charge in [-0.15, -0.1) is 0 Å². The molecule has 0 radical (unpaired) electrons. The van der Waals surface area contributed by atoms with Crippen LogP contribution in [0, 0.1) is 11.3 Å². The van der Waals surface area contributed by atoms with E-state index >= 15 is 0 Å². The normalized spacial score (nSPS) is 9.65. The monoisotopic (exact) mass is 231 g/mol. The highest BCUT2D eigenvalue weighted by Crippen LogP contribution is 2.15. The Morgan fingerprint density at radius 3 is 2.47 bits per heavy atom. The zero-order valence-electron chi connectivity index (χ0n) is 10.5. The van der Waals surface area contributed by atoms with Crippen LogP contribution in [0.3, 0.4) is 0 Å². The molecule has 0 spiro atoms. The Balaban J connectivity index is 2.34. The van der Waals surface area contributed by atoms with Crippen molar-refractivity contribution in [2.45, 2.75) is 32.6 Å². The Labute approximate surface area is 104 Å². The minimum absolute atomic E-state index is 0.536. The standard InChI is InChI=1S/C14H21N3/c1-2-3-4-10-16-13-7-5-8-14(12-13)17-11-6-9-15/h5,7-8,12,16-17H,2-4,6,10-11H2,1H3. The summed E-state index contributed by atoms with van der Waals surface area (Å²) in [5.74, 6) is 0. The maximum absolute atomic E-state index is 8.46. The largest absolute Gasteiger partial charge is 0.385 e. The first-order valence-electron chi connectivity index (χ1n) is 6.31. The molecule has 0 fully saturated rings. The van der Waals surface area contributed by atoms with Crippen LogP contribution in [-0.2, 0) is 0 Å². The maximum atomic E-state index is 8.46. The zero-order chi connectivity index (χ0) is 12.3. The van der Waals surface area contributed by atoms with E-state index in [9.17, 15) is 0 Å². The van der Waals surface area contributed by atoms with E-state index in [0.717, 1.165) is 17.9 Å². The van der Waals surface area contributed by atoms with Gasteiger partial charge in [0.2, 0.25) is 0 Å². The number of hydrogen-bond acceptors (Lipinski definition) is 3. The lowest BCUT2D eigenvalue weighted by molar-refractivity contribution is 0.744. The van der Waals surface area contributed by atoms with Crippen LogP contribution in [0.4, 0.5) is 11.4 Å². The summed E-state index contributed by atoms with van der Waals surface area (Å²) in [4.78, 5) is 0. The Bertz CT molecular complexity index is 355. The van der Waals surface area contributed by atoms with Crippen LogP contribution in [-0.4, -0.2) is 13.1 Å². The lowest BCUT2D eigenvalue weighted by Crippen LogP contribution is -2.03. The molecular weight excluding hydrogens is 210 g/mol. The van der Waals surface area contributed by atoms with Gasteiger partial charge in [-0.25, -0.2) is 0 Å². The second kappa shape index (κ2) is 8.46. The van der Waals surface area contributed by atoms with E-state index in [1.54, 1.807) is 0 Å². The van der Waals surface area contributed by atoms with Gasteiger partial charge in [-0.3, -0.25) is 0 Å². The van der Waals surface area contributed by atoms with Crippen molar-refractivity contribution in [3.8, 4) is 6.07 Å². The van der Waals surface area contributed by atoms with Crippen molar-refractivity contribution < 1.29 is 0 Å². The molecule has 92 valence electrons. The Hall–Kier alpha value is -1.69. The molecule has 1 aromatic carbocycles. The SMILES string of the molecule is CCCCCNc1cccc(NCCC#N)c1. The van der Waals surface area contributed by atoms with Crippen LogP contribution in [0.2, 0.25) is 0 Å². The summed E-state index contributed by atoms with van der Waals surface area (Å²) >= 11 is 0. The molecule has 0 aliphatic carbocycles. The molecule has 0 aliphatic rings. The number of unbranched alkanes of at least 4 members (excludes halogenated alkanes) is 2. The van der Waals surface area contributed by atoms with Crippen molar-refractivity contribution in [2.24, 2.45) is 0 Å². The molecule has 1 rings (SSSR count). The van der Waals surface area contributed by atoms with Gasteiger partial charge >= 0.3 is 0 Å². The van der Waals surface area contributed by atoms with E-state index in [0.29, 0.717) is 13.0 Å². The number of benzene rings is 1. The molecule has 3 nitrogen and oxygen atoms in total. The van der Waals surface area contributed by atoms with Crippen LogP contribution in [0.5, 0.6) is 0 Å².